The Kier molecular flexibility index (Phi) is 3.26. The first kappa shape index (κ1) is 10.9. The van der Waals surface area contributed by atoms with Crippen LogP contribution in [0.5, 0.6) is 0 Å². The van der Waals surface area contributed by atoms with E-state index in [0.717, 1.165) is 25.9 Å². The van der Waals surface area contributed by atoms with Crippen LogP contribution in [0.4, 0.5) is 0 Å². The Bertz CT molecular complexity index is 233. The molecule has 4 heteroatoms. The summed E-state index contributed by atoms with van der Waals surface area (Å²) in [5, 5.41) is 6.76. The van der Waals surface area contributed by atoms with E-state index in [2.05, 4.69) is 10.6 Å². The van der Waals surface area contributed by atoms with Crippen LogP contribution in [0.2, 0.25) is 0 Å². The van der Waals surface area contributed by atoms with E-state index in [1.807, 2.05) is 6.92 Å². The Balaban J connectivity index is 2.01. The maximum absolute atomic E-state index is 12.0. The molecular formula is C11H20N2O2. The van der Waals surface area contributed by atoms with Gasteiger partial charge in [-0.3, -0.25) is 10.1 Å². The van der Waals surface area contributed by atoms with Crippen molar-refractivity contribution in [2.75, 3.05) is 19.7 Å². The molecule has 1 heterocycles. The molecule has 0 bridgehead atoms. The van der Waals surface area contributed by atoms with E-state index in [0.29, 0.717) is 12.6 Å². The zero-order chi connectivity index (χ0) is 10.7. The molecule has 2 aliphatic rings. The number of rotatable bonds is 4. The van der Waals surface area contributed by atoms with Gasteiger partial charge in [0.15, 0.2) is 0 Å². The predicted molar refractivity (Wildman–Crippen MR) is 57.6 cm³/mol. The third-order valence-electron chi connectivity index (χ3n) is 3.18. The fourth-order valence-corrected chi connectivity index (χ4v) is 2.15. The molecule has 1 saturated heterocycles. The molecule has 0 amide bonds. The summed E-state index contributed by atoms with van der Waals surface area (Å²) in [6.45, 7) is 4.14. The van der Waals surface area contributed by atoms with Crippen LogP contribution in [0.25, 0.3) is 0 Å². The summed E-state index contributed by atoms with van der Waals surface area (Å²) in [5.74, 6) is -0.0570. The Morgan fingerprint density at radius 3 is 2.67 bits per heavy atom. The second kappa shape index (κ2) is 4.49. The van der Waals surface area contributed by atoms with Gasteiger partial charge in [-0.15, -0.1) is 0 Å². The van der Waals surface area contributed by atoms with Gasteiger partial charge >= 0.3 is 5.97 Å². The summed E-state index contributed by atoms with van der Waals surface area (Å²) in [6.07, 6.45) is 4.10. The lowest BCUT2D eigenvalue weighted by atomic mass is 9.88. The summed E-state index contributed by atoms with van der Waals surface area (Å²) < 4.78 is 5.18. The van der Waals surface area contributed by atoms with Crippen molar-refractivity contribution in [2.24, 2.45) is 0 Å². The molecule has 0 atom stereocenters. The lowest BCUT2D eigenvalue weighted by molar-refractivity contribution is -0.152. The molecule has 2 rings (SSSR count). The molecular weight excluding hydrogens is 192 g/mol. The Morgan fingerprint density at radius 2 is 2.13 bits per heavy atom. The Morgan fingerprint density at radius 1 is 1.47 bits per heavy atom. The highest BCUT2D eigenvalue weighted by atomic mass is 16.5. The highest BCUT2D eigenvalue weighted by molar-refractivity contribution is 5.81. The molecule has 1 aliphatic carbocycles. The van der Waals surface area contributed by atoms with Crippen molar-refractivity contribution in [3.8, 4) is 0 Å². The van der Waals surface area contributed by atoms with Crippen LogP contribution in [0.15, 0.2) is 0 Å². The second-order valence-corrected chi connectivity index (χ2v) is 4.47. The number of hydrogen-bond donors (Lipinski definition) is 2. The van der Waals surface area contributed by atoms with Crippen molar-refractivity contribution < 1.29 is 9.53 Å². The molecule has 2 fully saturated rings. The summed E-state index contributed by atoms with van der Waals surface area (Å²) in [6, 6.07) is 0.549. The quantitative estimate of drug-likeness (QED) is 0.663. The van der Waals surface area contributed by atoms with Gasteiger partial charge in [0.2, 0.25) is 0 Å². The van der Waals surface area contributed by atoms with Gasteiger partial charge in [-0.25, -0.2) is 0 Å². The molecule has 0 radical (unpaired) electrons. The first-order valence-electron chi connectivity index (χ1n) is 5.92. The number of esters is 1. The summed E-state index contributed by atoms with van der Waals surface area (Å²) in [4.78, 5) is 12.0. The lowest BCUT2D eigenvalue weighted by Crippen LogP contribution is -2.59. The van der Waals surface area contributed by atoms with Crippen LogP contribution >= 0.6 is 0 Å². The molecule has 0 spiro atoms. The predicted octanol–water partition coefficient (Wildman–Crippen LogP) is 0.424. The second-order valence-electron chi connectivity index (χ2n) is 4.47. The van der Waals surface area contributed by atoms with Crippen molar-refractivity contribution in [1.82, 2.24) is 10.6 Å². The molecule has 1 aliphatic heterocycles. The van der Waals surface area contributed by atoms with Crippen LogP contribution in [0, 0.1) is 0 Å². The Hall–Kier alpha value is -0.610. The summed E-state index contributed by atoms with van der Waals surface area (Å²) >= 11 is 0. The monoisotopic (exact) mass is 212 g/mol. The van der Waals surface area contributed by atoms with Gasteiger partial charge in [0.25, 0.3) is 0 Å². The van der Waals surface area contributed by atoms with Gasteiger partial charge < -0.3 is 10.1 Å². The fourth-order valence-electron chi connectivity index (χ4n) is 2.15. The number of ether oxygens (including phenoxy) is 1. The van der Waals surface area contributed by atoms with Crippen LogP contribution in [0.3, 0.4) is 0 Å². The minimum Gasteiger partial charge on any atom is -0.465 e. The molecule has 86 valence electrons. The van der Waals surface area contributed by atoms with Gasteiger partial charge in [0, 0.05) is 6.04 Å². The highest BCUT2D eigenvalue weighted by Crippen LogP contribution is 2.28. The van der Waals surface area contributed by atoms with Gasteiger partial charge in [-0.2, -0.15) is 0 Å². The van der Waals surface area contributed by atoms with Gasteiger partial charge in [0.1, 0.15) is 5.54 Å². The molecule has 0 unspecified atom stereocenters. The largest absolute Gasteiger partial charge is 0.465 e. The third kappa shape index (κ3) is 2.49. The lowest BCUT2D eigenvalue weighted by Gasteiger charge is -2.36. The van der Waals surface area contributed by atoms with Crippen molar-refractivity contribution in [3.05, 3.63) is 0 Å². The van der Waals surface area contributed by atoms with Gasteiger partial charge in [-0.05, 0) is 45.7 Å². The first-order chi connectivity index (χ1) is 7.27. The topological polar surface area (TPSA) is 50.4 Å². The van der Waals surface area contributed by atoms with E-state index in [-0.39, 0.29) is 5.97 Å². The molecule has 2 N–H and O–H groups in total. The van der Waals surface area contributed by atoms with Crippen LogP contribution < -0.4 is 10.6 Å². The van der Waals surface area contributed by atoms with E-state index in [1.54, 1.807) is 0 Å². The molecule has 0 aromatic rings. The van der Waals surface area contributed by atoms with Gasteiger partial charge in [-0.1, -0.05) is 0 Å². The maximum Gasteiger partial charge on any atom is 0.326 e. The van der Waals surface area contributed by atoms with Crippen LogP contribution in [0.1, 0.15) is 32.6 Å². The van der Waals surface area contributed by atoms with E-state index >= 15 is 0 Å². The maximum atomic E-state index is 12.0. The molecule has 15 heavy (non-hydrogen) atoms. The molecule has 0 aromatic carbocycles. The normalized spacial score (nSPS) is 24.9. The molecule has 4 nitrogen and oxygen atoms in total. The summed E-state index contributed by atoms with van der Waals surface area (Å²) in [7, 11) is 0. The minimum absolute atomic E-state index is 0.0570. The zero-order valence-corrected chi connectivity index (χ0v) is 9.34. The van der Waals surface area contributed by atoms with Crippen molar-refractivity contribution in [2.45, 2.75) is 44.2 Å². The van der Waals surface area contributed by atoms with E-state index in [9.17, 15) is 4.79 Å². The number of piperidine rings is 1. The average Bonchev–Trinajstić information content (AvgIpc) is 3.03. The zero-order valence-electron chi connectivity index (χ0n) is 9.34. The van der Waals surface area contributed by atoms with Gasteiger partial charge in [0.05, 0.1) is 6.61 Å². The van der Waals surface area contributed by atoms with Crippen LogP contribution in [-0.4, -0.2) is 37.2 Å². The Labute approximate surface area is 90.8 Å². The third-order valence-corrected chi connectivity index (χ3v) is 3.18. The van der Waals surface area contributed by atoms with E-state index < -0.39 is 5.54 Å². The molecule has 1 saturated carbocycles. The van der Waals surface area contributed by atoms with Crippen LogP contribution in [-0.2, 0) is 9.53 Å². The smallest absolute Gasteiger partial charge is 0.326 e. The highest BCUT2D eigenvalue weighted by Gasteiger charge is 2.44. The number of carbonyl (C=O) groups excluding carboxylic acids is 1. The van der Waals surface area contributed by atoms with E-state index in [1.165, 1.54) is 12.8 Å². The minimum atomic E-state index is -0.400. The van der Waals surface area contributed by atoms with E-state index in [4.69, 9.17) is 4.74 Å². The standard InChI is InChI=1S/C11H20N2O2/c1-2-15-10(14)11(13-9-3-4-9)5-7-12-8-6-11/h9,12-13H,2-8H2,1H3. The molecule has 0 aromatic heterocycles. The first-order valence-corrected chi connectivity index (χ1v) is 5.92. The van der Waals surface area contributed by atoms with Crippen molar-refractivity contribution in [3.63, 3.8) is 0 Å². The average molecular weight is 212 g/mol. The number of hydrogen-bond acceptors (Lipinski definition) is 4. The van der Waals surface area contributed by atoms with Crippen molar-refractivity contribution >= 4 is 5.97 Å². The number of carbonyl (C=O) groups is 1. The SMILES string of the molecule is CCOC(=O)C1(NC2CC2)CCNCC1. The number of nitrogens with one attached hydrogen (secondary N) is 2. The summed E-state index contributed by atoms with van der Waals surface area (Å²) in [5.41, 5.74) is -0.400. The van der Waals surface area contributed by atoms with Crippen molar-refractivity contribution in [1.29, 1.82) is 0 Å². The fraction of sp³-hybridized carbons (Fsp3) is 0.909.